The summed E-state index contributed by atoms with van der Waals surface area (Å²) in [7, 11) is 0. The lowest BCUT2D eigenvalue weighted by Gasteiger charge is -2.27. The third-order valence-electron chi connectivity index (χ3n) is 2.41. The quantitative estimate of drug-likeness (QED) is 0.628. The summed E-state index contributed by atoms with van der Waals surface area (Å²) in [6.07, 6.45) is 2.45. The van der Waals surface area contributed by atoms with E-state index in [0.717, 1.165) is 12.8 Å². The van der Waals surface area contributed by atoms with E-state index in [-0.39, 0.29) is 19.1 Å². The Morgan fingerprint density at radius 3 is 2.62 bits per heavy atom. The Bertz CT molecular complexity index is 180. The van der Waals surface area contributed by atoms with E-state index in [1.165, 1.54) is 0 Å². The Morgan fingerprint density at radius 1 is 1.62 bits per heavy atom. The van der Waals surface area contributed by atoms with Crippen LogP contribution in [0.5, 0.6) is 0 Å². The van der Waals surface area contributed by atoms with E-state index < -0.39 is 5.97 Å². The molecule has 0 saturated heterocycles. The van der Waals surface area contributed by atoms with Gasteiger partial charge >= 0.3 is 5.97 Å². The molecule has 0 aromatic heterocycles. The maximum atomic E-state index is 10.5. The van der Waals surface area contributed by atoms with Gasteiger partial charge in [0.25, 0.3) is 0 Å². The zero-order chi connectivity index (χ0) is 9.84. The van der Waals surface area contributed by atoms with Crippen LogP contribution < -0.4 is 0 Å². The van der Waals surface area contributed by atoms with Gasteiger partial charge in [0.1, 0.15) is 0 Å². The number of aliphatic hydroxyl groups is 1. The van der Waals surface area contributed by atoms with E-state index in [1.54, 1.807) is 0 Å². The van der Waals surface area contributed by atoms with E-state index in [4.69, 9.17) is 10.2 Å². The Morgan fingerprint density at radius 2 is 2.23 bits per heavy atom. The Kier molecular flexibility index (Phi) is 3.69. The Balaban J connectivity index is 2.37. The maximum absolute atomic E-state index is 10.5. The van der Waals surface area contributed by atoms with Gasteiger partial charge in [-0.05, 0) is 19.8 Å². The highest BCUT2D eigenvalue weighted by Gasteiger charge is 2.32. The molecule has 0 aromatic rings. The predicted octanol–water partition coefficient (Wildman–Crippen LogP) is 0.306. The second-order valence-corrected chi connectivity index (χ2v) is 3.64. The van der Waals surface area contributed by atoms with Crippen molar-refractivity contribution in [2.75, 3.05) is 13.2 Å². The van der Waals surface area contributed by atoms with Crippen molar-refractivity contribution in [3.05, 3.63) is 0 Å². The van der Waals surface area contributed by atoms with Gasteiger partial charge < -0.3 is 10.2 Å². The smallest absolute Gasteiger partial charge is 0.304 e. The van der Waals surface area contributed by atoms with Crippen LogP contribution in [-0.4, -0.2) is 46.3 Å². The number of aliphatic hydroxyl groups excluding tert-OH is 1. The molecule has 1 atom stereocenters. The lowest BCUT2D eigenvalue weighted by atomic mass is 10.2. The number of nitrogens with zero attached hydrogens (tertiary/aromatic N) is 1. The lowest BCUT2D eigenvalue weighted by Crippen LogP contribution is -2.38. The van der Waals surface area contributed by atoms with Gasteiger partial charge in [-0.15, -0.1) is 0 Å². The van der Waals surface area contributed by atoms with E-state index >= 15 is 0 Å². The van der Waals surface area contributed by atoms with Crippen molar-refractivity contribution in [1.29, 1.82) is 0 Å². The SMILES string of the molecule is CC(CC(=O)O)N(CCO)C1CC1. The molecule has 1 aliphatic carbocycles. The fourth-order valence-electron chi connectivity index (χ4n) is 1.65. The maximum Gasteiger partial charge on any atom is 0.304 e. The van der Waals surface area contributed by atoms with Gasteiger partial charge in [0.2, 0.25) is 0 Å². The summed E-state index contributed by atoms with van der Waals surface area (Å²) in [6, 6.07) is 0.554. The van der Waals surface area contributed by atoms with Crippen LogP contribution in [0.3, 0.4) is 0 Å². The number of hydrogen-bond acceptors (Lipinski definition) is 3. The van der Waals surface area contributed by atoms with Crippen molar-refractivity contribution in [2.45, 2.75) is 38.3 Å². The average Bonchev–Trinajstić information content (AvgIpc) is 2.81. The molecule has 4 heteroatoms. The van der Waals surface area contributed by atoms with Crippen molar-refractivity contribution < 1.29 is 15.0 Å². The van der Waals surface area contributed by atoms with Crippen LogP contribution in [0.15, 0.2) is 0 Å². The second-order valence-electron chi connectivity index (χ2n) is 3.64. The minimum absolute atomic E-state index is 0.0390. The molecule has 76 valence electrons. The third kappa shape index (κ3) is 3.32. The highest BCUT2D eigenvalue weighted by atomic mass is 16.4. The van der Waals surface area contributed by atoms with Crippen LogP contribution in [0.1, 0.15) is 26.2 Å². The zero-order valence-electron chi connectivity index (χ0n) is 7.94. The van der Waals surface area contributed by atoms with Gasteiger partial charge in [0.15, 0.2) is 0 Å². The molecule has 1 fully saturated rings. The van der Waals surface area contributed by atoms with Gasteiger partial charge in [0.05, 0.1) is 13.0 Å². The molecule has 13 heavy (non-hydrogen) atoms. The van der Waals surface area contributed by atoms with E-state index in [9.17, 15) is 4.79 Å². The van der Waals surface area contributed by atoms with Gasteiger partial charge in [-0.25, -0.2) is 0 Å². The van der Waals surface area contributed by atoms with Crippen LogP contribution in [0.25, 0.3) is 0 Å². The van der Waals surface area contributed by atoms with Gasteiger partial charge in [-0.3, -0.25) is 9.69 Å². The second kappa shape index (κ2) is 4.58. The van der Waals surface area contributed by atoms with Crippen molar-refractivity contribution in [3.63, 3.8) is 0 Å². The van der Waals surface area contributed by atoms with Crippen LogP contribution in [0.2, 0.25) is 0 Å². The molecular weight excluding hydrogens is 170 g/mol. The third-order valence-corrected chi connectivity index (χ3v) is 2.41. The predicted molar refractivity (Wildman–Crippen MR) is 48.5 cm³/mol. The summed E-state index contributed by atoms with van der Waals surface area (Å²) in [5.74, 6) is -0.768. The van der Waals surface area contributed by atoms with Gasteiger partial charge in [0, 0.05) is 18.6 Å². The van der Waals surface area contributed by atoms with Crippen LogP contribution in [0.4, 0.5) is 0 Å². The van der Waals surface area contributed by atoms with E-state index in [2.05, 4.69) is 4.90 Å². The Hall–Kier alpha value is -0.610. The topological polar surface area (TPSA) is 60.8 Å². The van der Waals surface area contributed by atoms with E-state index in [0.29, 0.717) is 12.6 Å². The van der Waals surface area contributed by atoms with E-state index in [1.807, 2.05) is 6.92 Å². The normalized spacial score (nSPS) is 19.0. The highest BCUT2D eigenvalue weighted by Crippen LogP contribution is 2.28. The molecule has 1 unspecified atom stereocenters. The van der Waals surface area contributed by atoms with Crippen molar-refractivity contribution in [3.8, 4) is 0 Å². The van der Waals surface area contributed by atoms with Crippen LogP contribution in [-0.2, 0) is 4.79 Å². The minimum Gasteiger partial charge on any atom is -0.481 e. The summed E-state index contributed by atoms with van der Waals surface area (Å²) in [4.78, 5) is 12.6. The molecule has 2 N–H and O–H groups in total. The molecule has 0 bridgehead atoms. The first kappa shape index (κ1) is 10.5. The summed E-state index contributed by atoms with van der Waals surface area (Å²) in [5, 5.41) is 17.4. The fraction of sp³-hybridized carbons (Fsp3) is 0.889. The first-order valence-corrected chi connectivity index (χ1v) is 4.73. The van der Waals surface area contributed by atoms with Gasteiger partial charge in [-0.2, -0.15) is 0 Å². The number of rotatable bonds is 6. The zero-order valence-corrected chi connectivity index (χ0v) is 7.94. The lowest BCUT2D eigenvalue weighted by molar-refractivity contribution is -0.138. The first-order valence-electron chi connectivity index (χ1n) is 4.73. The molecule has 0 radical (unpaired) electrons. The summed E-state index contributed by atoms with van der Waals surface area (Å²) < 4.78 is 0. The Labute approximate surface area is 78.2 Å². The standard InChI is InChI=1S/C9H17NO3/c1-7(6-9(12)13)10(4-5-11)8-2-3-8/h7-8,11H,2-6H2,1H3,(H,12,13). The molecule has 0 heterocycles. The number of aliphatic carboxylic acids is 1. The summed E-state index contributed by atoms with van der Waals surface area (Å²) >= 11 is 0. The molecule has 0 amide bonds. The number of carbonyl (C=O) groups is 1. The monoisotopic (exact) mass is 187 g/mol. The molecule has 1 saturated carbocycles. The minimum atomic E-state index is -0.768. The molecule has 0 spiro atoms. The average molecular weight is 187 g/mol. The molecule has 1 aliphatic rings. The van der Waals surface area contributed by atoms with Crippen molar-refractivity contribution in [1.82, 2.24) is 4.90 Å². The number of carboxylic acids is 1. The number of carboxylic acid groups (broad SMARTS) is 1. The summed E-state index contributed by atoms with van der Waals surface area (Å²) in [5.41, 5.74) is 0. The number of hydrogen-bond donors (Lipinski definition) is 2. The fourth-order valence-corrected chi connectivity index (χ4v) is 1.65. The molecule has 0 aromatic carbocycles. The van der Waals surface area contributed by atoms with Crippen LogP contribution in [0, 0.1) is 0 Å². The van der Waals surface area contributed by atoms with Crippen molar-refractivity contribution in [2.24, 2.45) is 0 Å². The first-order chi connectivity index (χ1) is 6.15. The molecular formula is C9H17NO3. The largest absolute Gasteiger partial charge is 0.481 e. The molecule has 4 nitrogen and oxygen atoms in total. The highest BCUT2D eigenvalue weighted by molar-refractivity contribution is 5.67. The van der Waals surface area contributed by atoms with Gasteiger partial charge in [-0.1, -0.05) is 0 Å². The molecule has 1 rings (SSSR count). The van der Waals surface area contributed by atoms with Crippen LogP contribution >= 0.6 is 0 Å². The molecule has 0 aliphatic heterocycles. The summed E-state index contributed by atoms with van der Waals surface area (Å²) in [6.45, 7) is 2.61. The van der Waals surface area contributed by atoms with Crippen molar-refractivity contribution >= 4 is 5.97 Å².